The zero-order chi connectivity index (χ0) is 21.3. The molecule has 30 heavy (non-hydrogen) atoms. The van der Waals surface area contributed by atoms with Gasteiger partial charge in [-0.2, -0.15) is 4.98 Å². The van der Waals surface area contributed by atoms with Crippen LogP contribution in [-0.4, -0.2) is 35.2 Å². The van der Waals surface area contributed by atoms with Crippen molar-refractivity contribution in [2.45, 2.75) is 29.3 Å². The smallest absolute Gasteiger partial charge is 0.238 e. The third-order valence-electron chi connectivity index (χ3n) is 4.47. The van der Waals surface area contributed by atoms with Crippen molar-refractivity contribution in [1.29, 1.82) is 0 Å². The number of nitrogens with two attached hydrogens (primary N) is 1. The highest BCUT2D eigenvalue weighted by molar-refractivity contribution is 7.98. The van der Waals surface area contributed by atoms with Crippen molar-refractivity contribution in [2.75, 3.05) is 7.11 Å². The van der Waals surface area contributed by atoms with Gasteiger partial charge in [-0.15, -0.1) is 0 Å². The minimum Gasteiger partial charge on any atom is -0.496 e. The van der Waals surface area contributed by atoms with Crippen molar-refractivity contribution >= 4 is 32.8 Å². The third kappa shape index (κ3) is 3.91. The van der Waals surface area contributed by atoms with Crippen molar-refractivity contribution in [2.24, 2.45) is 5.14 Å². The monoisotopic (exact) mass is 445 g/mol. The third-order valence-corrected chi connectivity index (χ3v) is 6.34. The Morgan fingerprint density at radius 3 is 2.73 bits per heavy atom. The lowest BCUT2D eigenvalue weighted by Crippen LogP contribution is -2.11. The van der Waals surface area contributed by atoms with Crippen molar-refractivity contribution < 1.29 is 17.7 Å². The Morgan fingerprint density at radius 2 is 2.00 bits per heavy atom. The zero-order valence-corrected chi connectivity index (χ0v) is 17.9. The molecule has 0 aliphatic rings. The molecule has 0 spiro atoms. The van der Waals surface area contributed by atoms with Gasteiger partial charge in [0.1, 0.15) is 5.75 Å². The van der Waals surface area contributed by atoms with Crippen LogP contribution in [0.4, 0.5) is 0 Å². The molecular formula is C19H19N5O4S2. The van der Waals surface area contributed by atoms with Crippen LogP contribution in [0.2, 0.25) is 0 Å². The fourth-order valence-corrected chi connectivity index (χ4v) is 4.51. The van der Waals surface area contributed by atoms with Crippen molar-refractivity contribution in [3.63, 3.8) is 0 Å². The number of primary sulfonamides is 1. The normalized spacial score (nSPS) is 11.8. The number of rotatable bonds is 7. The fourth-order valence-electron chi connectivity index (χ4n) is 3.06. The molecule has 4 aromatic rings. The van der Waals surface area contributed by atoms with E-state index in [-0.39, 0.29) is 4.90 Å². The summed E-state index contributed by atoms with van der Waals surface area (Å²) in [7, 11) is -2.20. The van der Waals surface area contributed by atoms with Gasteiger partial charge in [0.25, 0.3) is 0 Å². The predicted molar refractivity (Wildman–Crippen MR) is 113 cm³/mol. The summed E-state index contributed by atoms with van der Waals surface area (Å²) in [6, 6.07) is 12.1. The van der Waals surface area contributed by atoms with Gasteiger partial charge in [-0.1, -0.05) is 29.1 Å². The summed E-state index contributed by atoms with van der Waals surface area (Å²) >= 11 is 1.43. The molecule has 0 unspecified atom stereocenters. The van der Waals surface area contributed by atoms with E-state index in [0.717, 1.165) is 16.2 Å². The van der Waals surface area contributed by atoms with Crippen molar-refractivity contribution in [3.8, 4) is 17.1 Å². The molecule has 0 amide bonds. The van der Waals surface area contributed by atoms with E-state index in [0.29, 0.717) is 35.3 Å². The number of benzene rings is 2. The summed E-state index contributed by atoms with van der Waals surface area (Å²) in [6.07, 6.45) is 0. The first-order valence-electron chi connectivity index (χ1n) is 9.02. The zero-order valence-electron chi connectivity index (χ0n) is 16.3. The Balaban J connectivity index is 1.59. The highest BCUT2D eigenvalue weighted by Crippen LogP contribution is 2.30. The van der Waals surface area contributed by atoms with E-state index >= 15 is 0 Å². The number of ether oxygens (including phenoxy) is 1. The number of sulfonamides is 1. The number of fused-ring (bicyclic) bond motifs is 1. The first-order chi connectivity index (χ1) is 14.4. The first-order valence-corrected chi connectivity index (χ1v) is 11.6. The van der Waals surface area contributed by atoms with Crippen LogP contribution in [0.3, 0.4) is 0 Å². The molecule has 11 heteroatoms. The van der Waals surface area contributed by atoms with Crippen molar-refractivity contribution in [3.05, 3.63) is 48.4 Å². The summed E-state index contributed by atoms with van der Waals surface area (Å²) in [5, 5.41) is 9.99. The second-order valence-corrected chi connectivity index (χ2v) is 8.84. The molecule has 0 fully saturated rings. The number of aryl methyl sites for hydroxylation is 1. The molecular weight excluding hydrogens is 426 g/mol. The summed E-state index contributed by atoms with van der Waals surface area (Å²) in [6.45, 7) is 2.66. The predicted octanol–water partition coefficient (Wildman–Crippen LogP) is 3.05. The van der Waals surface area contributed by atoms with Gasteiger partial charge in [0, 0.05) is 6.54 Å². The summed E-state index contributed by atoms with van der Waals surface area (Å²) in [5.41, 5.74) is 2.13. The Kier molecular flexibility index (Phi) is 5.50. The molecule has 0 saturated carbocycles. The average Bonchev–Trinajstić information content (AvgIpc) is 3.35. The van der Waals surface area contributed by atoms with Crippen LogP contribution in [0.15, 0.2) is 57.0 Å². The van der Waals surface area contributed by atoms with Crippen molar-refractivity contribution in [1.82, 2.24) is 19.7 Å². The average molecular weight is 446 g/mol. The standard InChI is InChI=1S/C19H19N5O4S2/c1-3-24-15-9-8-12(30(20,25)26)10-14(15)21-19(24)29-11-17-22-18(23-28-17)13-6-4-5-7-16(13)27-2/h4-10H,3,11H2,1-2H3,(H2,20,25,26). The fraction of sp³-hybridized carbons (Fsp3) is 0.211. The van der Waals surface area contributed by atoms with Crippen LogP contribution in [0.25, 0.3) is 22.4 Å². The van der Waals surface area contributed by atoms with Gasteiger partial charge in [0.2, 0.25) is 21.7 Å². The van der Waals surface area contributed by atoms with Crippen LogP contribution >= 0.6 is 11.8 Å². The lowest BCUT2D eigenvalue weighted by atomic mass is 10.2. The van der Waals surface area contributed by atoms with Crippen LogP contribution in [0.5, 0.6) is 5.75 Å². The molecule has 0 saturated heterocycles. The second-order valence-electron chi connectivity index (χ2n) is 6.33. The van der Waals surface area contributed by atoms with Gasteiger partial charge in [-0.3, -0.25) is 0 Å². The van der Waals surface area contributed by atoms with Gasteiger partial charge in [-0.05, 0) is 37.3 Å². The van der Waals surface area contributed by atoms with E-state index in [2.05, 4.69) is 15.1 Å². The maximum absolute atomic E-state index is 11.6. The number of aromatic nitrogens is 4. The highest BCUT2D eigenvalue weighted by atomic mass is 32.2. The SMILES string of the molecule is CCn1c(SCc2nc(-c3ccccc3OC)no2)nc2cc(S(N)(=O)=O)ccc21. The maximum atomic E-state index is 11.6. The number of para-hydroxylation sites is 1. The van der Waals surface area contributed by atoms with Crippen LogP contribution < -0.4 is 9.88 Å². The lowest BCUT2D eigenvalue weighted by molar-refractivity contribution is 0.390. The van der Waals surface area contributed by atoms with Gasteiger partial charge in [-0.25, -0.2) is 18.5 Å². The number of nitrogens with zero attached hydrogens (tertiary/aromatic N) is 4. The van der Waals surface area contributed by atoms with E-state index in [1.807, 2.05) is 35.8 Å². The van der Waals surface area contributed by atoms with E-state index in [1.54, 1.807) is 13.2 Å². The molecule has 0 bridgehead atoms. The Labute approximate surface area is 177 Å². The number of methoxy groups -OCH3 is 1. The van der Waals surface area contributed by atoms with E-state index in [1.165, 1.54) is 23.9 Å². The van der Waals surface area contributed by atoms with Crippen LogP contribution in [0.1, 0.15) is 12.8 Å². The van der Waals surface area contributed by atoms with Crippen LogP contribution in [-0.2, 0) is 22.3 Å². The quantitative estimate of drug-likeness (QED) is 0.430. The van der Waals surface area contributed by atoms with E-state index < -0.39 is 10.0 Å². The number of hydrogen-bond donors (Lipinski definition) is 1. The number of hydrogen-bond acceptors (Lipinski definition) is 8. The molecule has 0 aliphatic carbocycles. The molecule has 156 valence electrons. The Hall–Kier alpha value is -2.89. The van der Waals surface area contributed by atoms with Gasteiger partial charge >= 0.3 is 0 Å². The Morgan fingerprint density at radius 1 is 1.20 bits per heavy atom. The minimum atomic E-state index is -3.79. The van der Waals surface area contributed by atoms with E-state index in [4.69, 9.17) is 14.4 Å². The molecule has 2 heterocycles. The first kappa shape index (κ1) is 20.4. The molecule has 2 aromatic heterocycles. The lowest BCUT2D eigenvalue weighted by Gasteiger charge is -2.04. The number of thioether (sulfide) groups is 1. The summed E-state index contributed by atoms with van der Waals surface area (Å²) in [4.78, 5) is 9.04. The van der Waals surface area contributed by atoms with Crippen LogP contribution in [0, 0.1) is 0 Å². The molecule has 2 aromatic carbocycles. The van der Waals surface area contributed by atoms with E-state index in [9.17, 15) is 8.42 Å². The summed E-state index contributed by atoms with van der Waals surface area (Å²) < 4.78 is 35.9. The second kappa shape index (κ2) is 8.09. The minimum absolute atomic E-state index is 0.0330. The topological polar surface area (TPSA) is 126 Å². The molecule has 0 radical (unpaired) electrons. The molecule has 2 N–H and O–H groups in total. The molecule has 0 aliphatic heterocycles. The van der Waals surface area contributed by atoms with Gasteiger partial charge in [0.05, 0.1) is 34.4 Å². The molecule has 4 rings (SSSR count). The Bertz CT molecular complexity index is 1310. The number of imidazole rings is 1. The maximum Gasteiger partial charge on any atom is 0.238 e. The summed E-state index contributed by atoms with van der Waals surface area (Å²) in [5.74, 6) is 1.97. The van der Waals surface area contributed by atoms with Gasteiger partial charge in [0.15, 0.2) is 5.16 Å². The van der Waals surface area contributed by atoms with Gasteiger partial charge < -0.3 is 13.8 Å². The largest absolute Gasteiger partial charge is 0.496 e. The molecule has 9 nitrogen and oxygen atoms in total. The molecule has 0 atom stereocenters. The highest BCUT2D eigenvalue weighted by Gasteiger charge is 2.17.